The maximum absolute atomic E-state index is 12.5. The number of halogens is 3. The Bertz CT molecular complexity index is 719. The molecule has 0 aliphatic carbocycles. The van der Waals surface area contributed by atoms with Crippen molar-refractivity contribution < 1.29 is 23.1 Å². The second-order valence-corrected chi connectivity index (χ2v) is 4.67. The largest absolute Gasteiger partial charge is 0.478 e. The van der Waals surface area contributed by atoms with Crippen molar-refractivity contribution in [3.8, 4) is 0 Å². The van der Waals surface area contributed by atoms with Crippen molar-refractivity contribution in [1.29, 1.82) is 0 Å². The summed E-state index contributed by atoms with van der Waals surface area (Å²) in [6.07, 6.45) is -0.0275. The molecule has 0 bridgehead atoms. The molecule has 1 aromatic carbocycles. The molecule has 1 heterocycles. The highest BCUT2D eigenvalue weighted by molar-refractivity contribution is 5.94. The Labute approximate surface area is 124 Å². The number of nitrogens with zero attached hydrogens (tertiary/aromatic N) is 1. The lowest BCUT2D eigenvalue weighted by Crippen LogP contribution is -2.04. The zero-order valence-corrected chi connectivity index (χ0v) is 11.6. The van der Waals surface area contributed by atoms with Crippen molar-refractivity contribution in [2.45, 2.75) is 13.1 Å². The van der Waals surface area contributed by atoms with E-state index in [2.05, 4.69) is 4.98 Å². The lowest BCUT2D eigenvalue weighted by molar-refractivity contribution is -0.137. The number of carbonyl (C=O) groups is 1. The topological polar surface area (TPSA) is 50.2 Å². The van der Waals surface area contributed by atoms with Crippen molar-refractivity contribution in [2.75, 3.05) is 0 Å². The summed E-state index contributed by atoms with van der Waals surface area (Å²) in [5, 5.41) is 9.09. The van der Waals surface area contributed by atoms with Crippen LogP contribution in [-0.4, -0.2) is 16.1 Å². The summed E-state index contributed by atoms with van der Waals surface area (Å²) >= 11 is 0. The van der Waals surface area contributed by atoms with E-state index < -0.39 is 17.7 Å². The Balaban J connectivity index is 2.36. The van der Waals surface area contributed by atoms with Gasteiger partial charge in [0, 0.05) is 18.0 Å². The molecule has 0 unspecified atom stereocenters. The summed E-state index contributed by atoms with van der Waals surface area (Å²) in [7, 11) is 0. The van der Waals surface area contributed by atoms with Gasteiger partial charge in [0.1, 0.15) is 0 Å². The van der Waals surface area contributed by atoms with Crippen LogP contribution in [0.3, 0.4) is 0 Å². The number of hydrogen-bond acceptors (Lipinski definition) is 2. The van der Waals surface area contributed by atoms with Gasteiger partial charge in [0.2, 0.25) is 0 Å². The van der Waals surface area contributed by atoms with E-state index >= 15 is 0 Å². The van der Waals surface area contributed by atoms with Gasteiger partial charge in [-0.2, -0.15) is 13.2 Å². The number of hydrogen-bond donors (Lipinski definition) is 1. The fraction of sp³-hybridized carbons (Fsp3) is 0.125. The fourth-order valence-electron chi connectivity index (χ4n) is 1.96. The van der Waals surface area contributed by atoms with E-state index in [0.717, 1.165) is 12.1 Å². The summed E-state index contributed by atoms with van der Waals surface area (Å²) < 4.78 is 37.6. The van der Waals surface area contributed by atoms with Gasteiger partial charge in [-0.1, -0.05) is 12.1 Å². The highest BCUT2D eigenvalue weighted by Gasteiger charge is 2.29. The third-order valence-corrected chi connectivity index (χ3v) is 3.12. The number of allylic oxidation sites excluding steroid dienone is 1. The maximum Gasteiger partial charge on any atom is 0.416 e. The molecule has 1 N–H and O–H groups in total. The molecule has 2 rings (SSSR count). The standard InChI is InChI=1S/C16H12F3NO2/c1-10(8-12-9-20-7-6-14(12)15(21)22)11-2-4-13(5-3-11)16(17,18)19/h2-9H,1H3,(H,21,22)/b10-8+. The van der Waals surface area contributed by atoms with Gasteiger partial charge < -0.3 is 5.11 Å². The predicted molar refractivity (Wildman–Crippen MR) is 76.2 cm³/mol. The van der Waals surface area contributed by atoms with Gasteiger partial charge in [-0.05, 0) is 42.3 Å². The normalized spacial score (nSPS) is 12.3. The molecule has 2 aromatic rings. The van der Waals surface area contributed by atoms with Crippen molar-refractivity contribution in [3.05, 3.63) is 65.0 Å². The first kappa shape index (κ1) is 15.8. The van der Waals surface area contributed by atoms with Gasteiger partial charge in [-0.15, -0.1) is 0 Å². The van der Waals surface area contributed by atoms with Crippen molar-refractivity contribution in [3.63, 3.8) is 0 Å². The molecule has 0 aliphatic heterocycles. The quantitative estimate of drug-likeness (QED) is 0.916. The van der Waals surface area contributed by atoms with Crippen molar-refractivity contribution in [2.24, 2.45) is 0 Å². The average molecular weight is 307 g/mol. The second-order valence-electron chi connectivity index (χ2n) is 4.67. The number of aromatic carboxylic acids is 1. The first-order valence-corrected chi connectivity index (χ1v) is 6.32. The smallest absolute Gasteiger partial charge is 0.416 e. The van der Waals surface area contributed by atoms with Gasteiger partial charge in [0.05, 0.1) is 11.1 Å². The summed E-state index contributed by atoms with van der Waals surface area (Å²) in [6, 6.07) is 6.06. The van der Waals surface area contributed by atoms with E-state index in [9.17, 15) is 18.0 Å². The van der Waals surface area contributed by atoms with Gasteiger partial charge in [0.15, 0.2) is 0 Å². The number of carboxylic acids is 1. The van der Waals surface area contributed by atoms with Crippen LogP contribution in [0.25, 0.3) is 11.6 Å². The van der Waals surface area contributed by atoms with Crippen LogP contribution < -0.4 is 0 Å². The number of alkyl halides is 3. The van der Waals surface area contributed by atoms with Crippen LogP contribution in [0.4, 0.5) is 13.2 Å². The van der Waals surface area contributed by atoms with E-state index in [1.54, 1.807) is 13.0 Å². The highest BCUT2D eigenvalue weighted by Crippen LogP contribution is 2.30. The Morgan fingerprint density at radius 3 is 2.36 bits per heavy atom. The van der Waals surface area contributed by atoms with E-state index in [-0.39, 0.29) is 5.56 Å². The van der Waals surface area contributed by atoms with Gasteiger partial charge in [0.25, 0.3) is 0 Å². The van der Waals surface area contributed by atoms with Crippen LogP contribution in [-0.2, 0) is 6.18 Å². The molecule has 0 amide bonds. The minimum atomic E-state index is -4.38. The highest BCUT2D eigenvalue weighted by atomic mass is 19.4. The maximum atomic E-state index is 12.5. The predicted octanol–water partition coefficient (Wildman–Crippen LogP) is 4.36. The minimum Gasteiger partial charge on any atom is -0.478 e. The van der Waals surface area contributed by atoms with Gasteiger partial charge in [-0.3, -0.25) is 4.98 Å². The van der Waals surface area contributed by atoms with E-state index in [4.69, 9.17) is 5.11 Å². The number of rotatable bonds is 3. The third-order valence-electron chi connectivity index (χ3n) is 3.12. The second kappa shape index (κ2) is 6.01. The minimum absolute atomic E-state index is 0.0845. The third kappa shape index (κ3) is 3.52. The number of benzene rings is 1. The Kier molecular flexibility index (Phi) is 4.30. The van der Waals surface area contributed by atoms with E-state index in [0.29, 0.717) is 16.7 Å². The molecule has 0 saturated heterocycles. The van der Waals surface area contributed by atoms with Crippen LogP contribution in [0.5, 0.6) is 0 Å². The van der Waals surface area contributed by atoms with Crippen molar-refractivity contribution >= 4 is 17.6 Å². The summed E-state index contributed by atoms with van der Waals surface area (Å²) in [5.41, 5.74) is 0.975. The first-order valence-electron chi connectivity index (χ1n) is 6.32. The summed E-state index contributed by atoms with van der Waals surface area (Å²) in [4.78, 5) is 15.0. The van der Waals surface area contributed by atoms with Crippen LogP contribution >= 0.6 is 0 Å². The molecule has 0 aliphatic rings. The van der Waals surface area contributed by atoms with Crippen LogP contribution in [0.1, 0.15) is 34.0 Å². The zero-order valence-electron chi connectivity index (χ0n) is 11.6. The summed E-state index contributed by atoms with van der Waals surface area (Å²) in [6.45, 7) is 1.70. The Morgan fingerprint density at radius 2 is 1.82 bits per heavy atom. The SMILES string of the molecule is C/C(=C\c1cnccc1C(=O)O)c1ccc(C(F)(F)F)cc1. The Hall–Kier alpha value is -2.63. The Morgan fingerprint density at radius 1 is 1.18 bits per heavy atom. The lowest BCUT2D eigenvalue weighted by Gasteiger charge is -2.08. The van der Waals surface area contributed by atoms with E-state index in [1.807, 2.05) is 0 Å². The van der Waals surface area contributed by atoms with E-state index in [1.165, 1.54) is 30.6 Å². The molecule has 0 fully saturated rings. The molecule has 114 valence electrons. The molecule has 0 atom stereocenters. The number of aromatic nitrogens is 1. The monoisotopic (exact) mass is 307 g/mol. The fourth-order valence-corrected chi connectivity index (χ4v) is 1.96. The van der Waals surface area contributed by atoms with Gasteiger partial charge >= 0.3 is 12.1 Å². The average Bonchev–Trinajstić information content (AvgIpc) is 2.46. The molecule has 6 heteroatoms. The van der Waals surface area contributed by atoms with Crippen LogP contribution in [0.15, 0.2) is 42.7 Å². The van der Waals surface area contributed by atoms with Crippen LogP contribution in [0, 0.1) is 0 Å². The van der Waals surface area contributed by atoms with Crippen LogP contribution in [0.2, 0.25) is 0 Å². The molecular weight excluding hydrogens is 295 g/mol. The lowest BCUT2D eigenvalue weighted by atomic mass is 10.0. The number of carboxylic acid groups (broad SMARTS) is 1. The zero-order chi connectivity index (χ0) is 16.3. The molecule has 0 saturated carbocycles. The molecular formula is C16H12F3NO2. The molecule has 1 aromatic heterocycles. The first-order chi connectivity index (χ1) is 10.3. The van der Waals surface area contributed by atoms with Gasteiger partial charge in [-0.25, -0.2) is 4.79 Å². The summed E-state index contributed by atoms with van der Waals surface area (Å²) in [5.74, 6) is -1.09. The molecule has 22 heavy (non-hydrogen) atoms. The molecule has 0 radical (unpaired) electrons. The molecule has 3 nitrogen and oxygen atoms in total. The van der Waals surface area contributed by atoms with Crippen molar-refractivity contribution in [1.82, 2.24) is 4.98 Å². The number of pyridine rings is 1. The molecule has 0 spiro atoms.